The van der Waals surface area contributed by atoms with Crippen LogP contribution in [0.3, 0.4) is 0 Å². The average Bonchev–Trinajstić information content (AvgIpc) is 3.01. The number of hydrogen-bond acceptors (Lipinski definition) is 6. The molecular weight excluding hydrogens is 367 g/mol. The van der Waals surface area contributed by atoms with E-state index in [9.17, 15) is 22.8 Å². The molecule has 2 heterocycles. The number of nitrogens with one attached hydrogen (secondary N) is 1. The number of carbonyl (C=O) groups excluding carboxylic acids is 2. The van der Waals surface area contributed by atoms with Gasteiger partial charge in [0.1, 0.15) is 6.61 Å². The summed E-state index contributed by atoms with van der Waals surface area (Å²) in [6.07, 6.45) is -4.63. The Labute approximate surface area is 152 Å². The minimum atomic E-state index is -4.63. The number of ether oxygens (including phenoxy) is 3. The largest absolute Gasteiger partial charge is 0.466 e. The highest BCUT2D eigenvalue weighted by Gasteiger charge is 2.43. The first-order chi connectivity index (χ1) is 12.8. The van der Waals surface area contributed by atoms with Gasteiger partial charge in [-0.2, -0.15) is 13.2 Å². The number of halogens is 3. The molecule has 0 fully saturated rings. The molecule has 0 amide bonds. The lowest BCUT2D eigenvalue weighted by Crippen LogP contribution is -2.35. The van der Waals surface area contributed by atoms with Crippen LogP contribution in [0.4, 0.5) is 13.2 Å². The molecule has 0 saturated carbocycles. The van der Waals surface area contributed by atoms with Crippen molar-refractivity contribution >= 4 is 11.9 Å². The van der Waals surface area contributed by atoms with E-state index in [1.54, 1.807) is 0 Å². The zero-order valence-corrected chi connectivity index (χ0v) is 14.5. The van der Waals surface area contributed by atoms with E-state index >= 15 is 0 Å². The number of cyclic esters (lactones) is 1. The number of alkyl halides is 3. The highest BCUT2D eigenvalue weighted by atomic mass is 19.4. The number of hydrogen-bond donors (Lipinski definition) is 1. The van der Waals surface area contributed by atoms with Gasteiger partial charge in [-0.05, 0) is 11.6 Å². The van der Waals surface area contributed by atoms with Crippen molar-refractivity contribution in [2.45, 2.75) is 12.2 Å². The van der Waals surface area contributed by atoms with Crippen LogP contribution in [0.1, 0.15) is 17.2 Å². The molecule has 1 aromatic rings. The molecule has 1 atom stereocenters. The molecule has 2 aliphatic rings. The Hall–Kier alpha value is -2.81. The molecule has 1 unspecified atom stereocenters. The maximum atomic E-state index is 13.5. The lowest BCUT2D eigenvalue weighted by Gasteiger charge is -2.30. The van der Waals surface area contributed by atoms with Crippen molar-refractivity contribution < 1.29 is 37.0 Å². The highest BCUT2D eigenvalue weighted by Crippen LogP contribution is 2.42. The standard InChI is InChI=1S/C18H16F3NO5/c1-25-7-10-13-12(8-27-17(13)24)22-15(14(10)16(23)26-2)9-5-3-4-6-11(9)18(19,20)21/h3-6,15,22H,7-8H2,1-2H3. The van der Waals surface area contributed by atoms with Gasteiger partial charge in [0, 0.05) is 12.7 Å². The molecule has 6 nitrogen and oxygen atoms in total. The van der Waals surface area contributed by atoms with Gasteiger partial charge in [-0.15, -0.1) is 0 Å². The molecule has 0 aromatic heterocycles. The number of esters is 2. The van der Waals surface area contributed by atoms with Gasteiger partial charge in [0.2, 0.25) is 0 Å². The van der Waals surface area contributed by atoms with Gasteiger partial charge in [0.15, 0.2) is 0 Å². The Kier molecular flexibility index (Phi) is 4.97. The third-order valence-corrected chi connectivity index (χ3v) is 4.36. The number of benzene rings is 1. The molecule has 2 aliphatic heterocycles. The van der Waals surface area contributed by atoms with E-state index in [0.717, 1.165) is 13.2 Å². The Morgan fingerprint density at radius 1 is 1.30 bits per heavy atom. The average molecular weight is 383 g/mol. The molecule has 0 aliphatic carbocycles. The van der Waals surface area contributed by atoms with E-state index in [2.05, 4.69) is 5.32 Å². The number of methoxy groups -OCH3 is 2. The fourth-order valence-electron chi connectivity index (χ4n) is 3.27. The lowest BCUT2D eigenvalue weighted by atomic mass is 9.85. The van der Waals surface area contributed by atoms with E-state index in [0.29, 0.717) is 5.70 Å². The summed E-state index contributed by atoms with van der Waals surface area (Å²) in [6, 6.07) is 3.74. The van der Waals surface area contributed by atoms with Crippen molar-refractivity contribution in [3.05, 3.63) is 57.8 Å². The monoisotopic (exact) mass is 383 g/mol. The summed E-state index contributed by atoms with van der Waals surface area (Å²) in [5.41, 5.74) is -0.615. The van der Waals surface area contributed by atoms with Crippen LogP contribution >= 0.6 is 0 Å². The molecule has 27 heavy (non-hydrogen) atoms. The molecule has 9 heteroatoms. The van der Waals surface area contributed by atoms with E-state index in [1.807, 2.05) is 0 Å². The van der Waals surface area contributed by atoms with Crippen molar-refractivity contribution in [3.8, 4) is 0 Å². The fourth-order valence-corrected chi connectivity index (χ4v) is 3.27. The van der Waals surface area contributed by atoms with Crippen molar-refractivity contribution in [3.63, 3.8) is 0 Å². The molecule has 144 valence electrons. The molecule has 1 N–H and O–H groups in total. The smallest absolute Gasteiger partial charge is 0.416 e. The van der Waals surface area contributed by atoms with Crippen LogP contribution in [0.25, 0.3) is 0 Å². The van der Waals surface area contributed by atoms with Crippen molar-refractivity contribution in [1.82, 2.24) is 5.32 Å². The van der Waals surface area contributed by atoms with Crippen LogP contribution < -0.4 is 5.32 Å². The molecule has 1 aromatic carbocycles. The Balaban J connectivity index is 2.24. The molecule has 0 radical (unpaired) electrons. The number of dihydropyridines is 1. The second kappa shape index (κ2) is 7.07. The minimum absolute atomic E-state index is 0.0954. The van der Waals surface area contributed by atoms with E-state index < -0.39 is 29.7 Å². The predicted molar refractivity (Wildman–Crippen MR) is 86.2 cm³/mol. The van der Waals surface area contributed by atoms with Gasteiger partial charge in [-0.25, -0.2) is 9.59 Å². The number of carbonyl (C=O) groups is 2. The molecule has 0 spiro atoms. The second-order valence-corrected chi connectivity index (χ2v) is 5.91. The van der Waals surface area contributed by atoms with Crippen LogP contribution in [0.5, 0.6) is 0 Å². The lowest BCUT2D eigenvalue weighted by molar-refractivity contribution is -0.140. The SMILES string of the molecule is COCC1=C(C(=O)OC)C(c2ccccc2C(F)(F)F)NC2=C1C(=O)OC2. The zero-order chi connectivity index (χ0) is 19.8. The summed E-state index contributed by atoms with van der Waals surface area (Å²) in [7, 11) is 2.46. The maximum absolute atomic E-state index is 13.5. The van der Waals surface area contributed by atoms with Gasteiger partial charge in [0.05, 0.1) is 42.2 Å². The molecular formula is C18H16F3NO5. The quantitative estimate of drug-likeness (QED) is 0.805. The normalized spacial score (nSPS) is 19.6. The summed E-state index contributed by atoms with van der Waals surface area (Å²) in [5.74, 6) is -1.53. The van der Waals surface area contributed by atoms with Crippen LogP contribution in [0.15, 0.2) is 46.7 Å². The van der Waals surface area contributed by atoms with E-state index in [1.165, 1.54) is 25.3 Å². The van der Waals surface area contributed by atoms with Gasteiger partial charge < -0.3 is 19.5 Å². The third kappa shape index (κ3) is 3.30. The summed E-state index contributed by atoms with van der Waals surface area (Å²) < 4.78 is 55.4. The summed E-state index contributed by atoms with van der Waals surface area (Å²) in [4.78, 5) is 24.5. The maximum Gasteiger partial charge on any atom is 0.416 e. The second-order valence-electron chi connectivity index (χ2n) is 5.91. The van der Waals surface area contributed by atoms with Crippen LogP contribution in [-0.2, 0) is 30.0 Å². The number of rotatable bonds is 4. The van der Waals surface area contributed by atoms with Gasteiger partial charge >= 0.3 is 18.1 Å². The summed E-state index contributed by atoms with van der Waals surface area (Å²) >= 11 is 0. The van der Waals surface area contributed by atoms with Gasteiger partial charge in [-0.1, -0.05) is 18.2 Å². The van der Waals surface area contributed by atoms with Crippen LogP contribution in [-0.4, -0.2) is 39.4 Å². The van der Waals surface area contributed by atoms with E-state index in [4.69, 9.17) is 14.2 Å². The van der Waals surface area contributed by atoms with Crippen molar-refractivity contribution in [2.24, 2.45) is 0 Å². The fraction of sp³-hybridized carbons (Fsp3) is 0.333. The van der Waals surface area contributed by atoms with Gasteiger partial charge in [0.25, 0.3) is 0 Å². The predicted octanol–water partition coefficient (Wildman–Crippen LogP) is 2.28. The summed E-state index contributed by atoms with van der Waals surface area (Å²) in [5, 5.41) is 2.85. The first-order valence-corrected chi connectivity index (χ1v) is 7.93. The highest BCUT2D eigenvalue weighted by molar-refractivity contribution is 6.02. The van der Waals surface area contributed by atoms with Crippen LogP contribution in [0, 0.1) is 0 Å². The third-order valence-electron chi connectivity index (χ3n) is 4.36. The van der Waals surface area contributed by atoms with Crippen molar-refractivity contribution in [1.29, 1.82) is 0 Å². The summed E-state index contributed by atoms with van der Waals surface area (Å²) in [6.45, 7) is -0.286. The molecule has 0 bridgehead atoms. The van der Waals surface area contributed by atoms with Crippen molar-refractivity contribution in [2.75, 3.05) is 27.4 Å². The van der Waals surface area contributed by atoms with Gasteiger partial charge in [-0.3, -0.25) is 0 Å². The molecule has 3 rings (SSSR count). The van der Waals surface area contributed by atoms with Crippen LogP contribution in [0.2, 0.25) is 0 Å². The Morgan fingerprint density at radius 2 is 2.00 bits per heavy atom. The first kappa shape index (κ1) is 19.0. The van der Waals surface area contributed by atoms with E-state index in [-0.39, 0.29) is 35.5 Å². The molecule has 0 saturated heterocycles. The zero-order valence-electron chi connectivity index (χ0n) is 14.5. The Bertz CT molecular complexity index is 857. The first-order valence-electron chi connectivity index (χ1n) is 7.93. The topological polar surface area (TPSA) is 73.9 Å². The minimum Gasteiger partial charge on any atom is -0.466 e. The Morgan fingerprint density at radius 3 is 2.63 bits per heavy atom.